The highest BCUT2D eigenvalue weighted by Gasteiger charge is 2.26. The van der Waals surface area contributed by atoms with Crippen molar-refractivity contribution >= 4 is 29.2 Å². The molecule has 1 aromatic rings. The van der Waals surface area contributed by atoms with Gasteiger partial charge in [0.1, 0.15) is 11.7 Å². The molecule has 1 aromatic carbocycles. The molecule has 30 heavy (non-hydrogen) atoms. The molecule has 1 saturated carbocycles. The van der Waals surface area contributed by atoms with E-state index in [4.69, 9.17) is 11.5 Å². The maximum Gasteiger partial charge on any atom is 0.219 e. The molecule has 2 aliphatic rings. The minimum absolute atomic E-state index is 0.00203. The van der Waals surface area contributed by atoms with Gasteiger partial charge < -0.3 is 21.7 Å². The number of aliphatic imine (C=N–C) groups is 2. The molecule has 3 rings (SSSR count). The van der Waals surface area contributed by atoms with Gasteiger partial charge in [-0.1, -0.05) is 0 Å². The van der Waals surface area contributed by atoms with Gasteiger partial charge in [-0.3, -0.25) is 9.79 Å². The van der Waals surface area contributed by atoms with E-state index in [1.165, 1.54) is 31.3 Å². The van der Waals surface area contributed by atoms with Crippen LogP contribution in [0.5, 0.6) is 0 Å². The molecule has 0 spiro atoms. The van der Waals surface area contributed by atoms with Crippen molar-refractivity contribution in [2.24, 2.45) is 27.4 Å². The first-order valence-corrected chi connectivity index (χ1v) is 10.1. The van der Waals surface area contributed by atoms with Crippen molar-refractivity contribution in [1.82, 2.24) is 10.2 Å². The fraction of sp³-hybridized carbons (Fsp3) is 0.409. The first kappa shape index (κ1) is 21.5. The largest absolute Gasteiger partial charge is 0.404 e. The van der Waals surface area contributed by atoms with Crippen LogP contribution in [-0.4, -0.2) is 49.5 Å². The zero-order valence-corrected chi connectivity index (χ0v) is 17.5. The van der Waals surface area contributed by atoms with Crippen molar-refractivity contribution in [1.29, 1.82) is 0 Å². The van der Waals surface area contributed by atoms with Gasteiger partial charge in [0.05, 0.1) is 12.2 Å². The molecule has 1 fully saturated rings. The Bertz CT molecular complexity index is 930. The number of halogens is 1. The summed E-state index contributed by atoms with van der Waals surface area (Å²) in [7, 11) is 1.59. The van der Waals surface area contributed by atoms with Crippen LogP contribution in [0.3, 0.4) is 0 Å². The van der Waals surface area contributed by atoms with Gasteiger partial charge in [0.25, 0.3) is 0 Å². The number of hydrogen-bond acceptors (Lipinski definition) is 5. The fourth-order valence-corrected chi connectivity index (χ4v) is 3.40. The summed E-state index contributed by atoms with van der Waals surface area (Å²) in [6, 6.07) is 4.48. The van der Waals surface area contributed by atoms with Gasteiger partial charge in [0, 0.05) is 68.3 Å². The summed E-state index contributed by atoms with van der Waals surface area (Å²) in [5, 5.41) is 3.50. The molecule has 1 amide bonds. The Kier molecular flexibility index (Phi) is 6.87. The third kappa shape index (κ3) is 5.25. The fourth-order valence-electron chi connectivity index (χ4n) is 3.40. The van der Waals surface area contributed by atoms with E-state index in [9.17, 15) is 9.18 Å². The number of nitrogens with two attached hydrogens (primary N) is 2. The van der Waals surface area contributed by atoms with E-state index in [2.05, 4.69) is 15.3 Å². The van der Waals surface area contributed by atoms with Crippen molar-refractivity contribution in [3.8, 4) is 0 Å². The molecule has 1 heterocycles. The summed E-state index contributed by atoms with van der Waals surface area (Å²) in [5.74, 6) is 0.612. The van der Waals surface area contributed by atoms with Crippen LogP contribution < -0.4 is 16.8 Å². The third-order valence-corrected chi connectivity index (χ3v) is 5.36. The van der Waals surface area contributed by atoms with Crippen molar-refractivity contribution in [2.45, 2.75) is 26.2 Å². The molecule has 160 valence electrons. The monoisotopic (exact) mass is 412 g/mol. The van der Waals surface area contributed by atoms with E-state index in [1.807, 2.05) is 0 Å². The van der Waals surface area contributed by atoms with Crippen LogP contribution in [-0.2, 0) is 4.79 Å². The van der Waals surface area contributed by atoms with Crippen LogP contribution >= 0.6 is 0 Å². The molecule has 1 aliphatic heterocycles. The Labute approximate surface area is 176 Å². The zero-order chi connectivity index (χ0) is 21.7. The van der Waals surface area contributed by atoms with E-state index in [-0.39, 0.29) is 5.91 Å². The lowest BCUT2D eigenvalue weighted by molar-refractivity contribution is -0.128. The second-order valence-electron chi connectivity index (χ2n) is 7.64. The van der Waals surface area contributed by atoms with Crippen LogP contribution in [0.2, 0.25) is 0 Å². The number of allylic oxidation sites excluding steroid dienone is 1. The van der Waals surface area contributed by atoms with Crippen molar-refractivity contribution in [3.05, 3.63) is 47.0 Å². The maximum absolute atomic E-state index is 14.3. The number of carbonyl (C=O) groups excluding carboxylic acids is 1. The summed E-state index contributed by atoms with van der Waals surface area (Å²) >= 11 is 0. The lowest BCUT2D eigenvalue weighted by Crippen LogP contribution is -2.41. The highest BCUT2D eigenvalue weighted by molar-refractivity contribution is 6.10. The molecular formula is C22H29FN6O. The highest BCUT2D eigenvalue weighted by Crippen LogP contribution is 2.29. The Balaban J connectivity index is 1.92. The van der Waals surface area contributed by atoms with Crippen LogP contribution in [0, 0.1) is 11.7 Å². The quantitative estimate of drug-likeness (QED) is 0.472. The lowest BCUT2D eigenvalue weighted by atomic mass is 10.0. The molecule has 0 saturated heterocycles. The Hall–Kier alpha value is -3.16. The molecule has 8 heteroatoms. The van der Waals surface area contributed by atoms with Crippen molar-refractivity contribution < 1.29 is 9.18 Å². The van der Waals surface area contributed by atoms with Gasteiger partial charge in [-0.2, -0.15) is 0 Å². The number of nitrogens with one attached hydrogen (secondary N) is 1. The van der Waals surface area contributed by atoms with Gasteiger partial charge >= 0.3 is 0 Å². The molecule has 0 bridgehead atoms. The number of amides is 1. The zero-order valence-electron chi connectivity index (χ0n) is 17.5. The SMILES string of the molecule is CN=CC(=CN)c1cc(N=C(N)C2=C(NCC3CC3)CCN(C(C)=O)C2)ccc1F. The topological polar surface area (TPSA) is 109 Å². The summed E-state index contributed by atoms with van der Waals surface area (Å²) in [6.45, 7) is 3.52. The van der Waals surface area contributed by atoms with Gasteiger partial charge in [0.15, 0.2) is 0 Å². The van der Waals surface area contributed by atoms with Gasteiger partial charge in [-0.15, -0.1) is 0 Å². The number of carbonyl (C=O) groups is 1. The smallest absolute Gasteiger partial charge is 0.219 e. The average molecular weight is 413 g/mol. The average Bonchev–Trinajstić information content (AvgIpc) is 3.56. The number of nitrogens with zero attached hydrogens (tertiary/aromatic N) is 3. The highest BCUT2D eigenvalue weighted by atomic mass is 19.1. The standard InChI is InChI=1S/C22H29FN6O/c1-14(30)29-8-7-21(27-11-15-3-4-15)19(13-29)22(25)28-17-5-6-20(23)18(9-17)16(10-24)12-26-2/h5-6,9-10,12,15,27H,3-4,7-8,11,13,24H2,1-2H3,(H2,25,28). The Morgan fingerprint density at radius 3 is 2.80 bits per heavy atom. The summed E-state index contributed by atoms with van der Waals surface area (Å²) in [5.41, 5.74) is 15.1. The van der Waals surface area contributed by atoms with Crippen LogP contribution in [0.1, 0.15) is 31.7 Å². The predicted molar refractivity (Wildman–Crippen MR) is 119 cm³/mol. The van der Waals surface area contributed by atoms with Crippen LogP contribution in [0.25, 0.3) is 5.57 Å². The molecule has 0 aromatic heterocycles. The number of benzene rings is 1. The molecule has 0 unspecified atom stereocenters. The molecule has 5 N–H and O–H groups in total. The minimum atomic E-state index is -0.421. The first-order valence-electron chi connectivity index (χ1n) is 10.1. The number of amidine groups is 1. The van der Waals surface area contributed by atoms with E-state index < -0.39 is 5.82 Å². The van der Waals surface area contributed by atoms with E-state index in [0.29, 0.717) is 48.1 Å². The van der Waals surface area contributed by atoms with Crippen molar-refractivity contribution in [3.63, 3.8) is 0 Å². The number of hydrogen-bond donors (Lipinski definition) is 3. The number of rotatable bonds is 7. The molecule has 0 radical (unpaired) electrons. The molecule has 1 aliphatic carbocycles. The van der Waals surface area contributed by atoms with E-state index in [0.717, 1.165) is 17.8 Å². The second kappa shape index (κ2) is 9.56. The van der Waals surface area contributed by atoms with Crippen LogP contribution in [0.4, 0.5) is 10.1 Å². The molecule has 0 atom stereocenters. The molecule has 7 nitrogen and oxygen atoms in total. The van der Waals surface area contributed by atoms with Gasteiger partial charge in [-0.05, 0) is 37.0 Å². The minimum Gasteiger partial charge on any atom is -0.404 e. The maximum atomic E-state index is 14.3. The summed E-state index contributed by atoms with van der Waals surface area (Å²) in [4.78, 5) is 22.1. The molecular weight excluding hydrogens is 383 g/mol. The van der Waals surface area contributed by atoms with Gasteiger partial charge in [0.2, 0.25) is 5.91 Å². The normalized spacial score (nSPS) is 18.3. The third-order valence-electron chi connectivity index (χ3n) is 5.36. The van der Waals surface area contributed by atoms with E-state index >= 15 is 0 Å². The summed E-state index contributed by atoms with van der Waals surface area (Å²) in [6.07, 6.45) is 5.99. The van der Waals surface area contributed by atoms with Crippen molar-refractivity contribution in [2.75, 3.05) is 26.7 Å². The van der Waals surface area contributed by atoms with Gasteiger partial charge in [-0.25, -0.2) is 9.38 Å². The Morgan fingerprint density at radius 2 is 2.17 bits per heavy atom. The predicted octanol–water partition coefficient (Wildman–Crippen LogP) is 2.32. The lowest BCUT2D eigenvalue weighted by Gasteiger charge is -2.30. The van der Waals surface area contributed by atoms with Crippen LogP contribution in [0.15, 0.2) is 45.7 Å². The Morgan fingerprint density at radius 1 is 1.40 bits per heavy atom. The first-order chi connectivity index (χ1) is 14.4. The second-order valence-corrected chi connectivity index (χ2v) is 7.64. The van der Waals surface area contributed by atoms with E-state index in [1.54, 1.807) is 31.0 Å². The summed E-state index contributed by atoms with van der Waals surface area (Å²) < 4.78 is 14.3.